The SMILES string of the molecule is Cc1ccnc(C(C)C)c1-n1c(=O)c2c(c3cc(F)c(-c4c(O)cccc4F)nc31)N1C[C@@H](C)NC[C@]1(CO)C(=O)N2C. The van der Waals surface area contributed by atoms with E-state index in [1.165, 1.54) is 28.6 Å². The Bertz CT molecular complexity index is 1860. The van der Waals surface area contributed by atoms with Gasteiger partial charge in [-0.1, -0.05) is 19.9 Å². The first kappa shape index (κ1) is 28.7. The van der Waals surface area contributed by atoms with Gasteiger partial charge in [-0.2, -0.15) is 0 Å². The summed E-state index contributed by atoms with van der Waals surface area (Å²) in [6.07, 6.45) is 1.63. The molecule has 0 bridgehead atoms. The van der Waals surface area contributed by atoms with Crippen LogP contribution in [0.3, 0.4) is 0 Å². The minimum Gasteiger partial charge on any atom is -0.507 e. The third-order valence-electron chi connectivity index (χ3n) is 8.49. The van der Waals surface area contributed by atoms with Gasteiger partial charge in [0, 0.05) is 37.8 Å². The van der Waals surface area contributed by atoms with Crippen molar-refractivity contribution in [3.05, 3.63) is 69.8 Å². The number of aliphatic hydroxyl groups is 1. The Balaban J connectivity index is 1.84. The molecular weight excluding hydrogens is 558 g/mol. The van der Waals surface area contributed by atoms with Crippen LogP contribution in [0.15, 0.2) is 41.3 Å². The number of phenolic OH excluding ortho intramolecular Hbond substituents is 1. The third kappa shape index (κ3) is 4.04. The molecule has 2 atom stereocenters. The zero-order valence-corrected chi connectivity index (χ0v) is 24.4. The number of aromatic hydroxyl groups is 1. The van der Waals surface area contributed by atoms with E-state index in [9.17, 15) is 19.8 Å². The molecule has 3 N–H and O–H groups in total. The Morgan fingerprint density at radius 3 is 2.56 bits per heavy atom. The second-order valence-electron chi connectivity index (χ2n) is 11.6. The number of halogens is 2. The number of pyridine rings is 3. The summed E-state index contributed by atoms with van der Waals surface area (Å²) in [6.45, 7) is 7.30. The zero-order valence-electron chi connectivity index (χ0n) is 24.4. The van der Waals surface area contributed by atoms with Crippen LogP contribution in [0.1, 0.15) is 37.9 Å². The molecule has 6 rings (SSSR count). The molecule has 1 saturated heterocycles. The number of nitrogens with one attached hydrogen (secondary N) is 1. The van der Waals surface area contributed by atoms with Crippen molar-refractivity contribution in [2.45, 2.75) is 45.2 Å². The highest BCUT2D eigenvalue weighted by atomic mass is 19.1. The normalized spacial score (nSPS) is 20.1. The highest BCUT2D eigenvalue weighted by Crippen LogP contribution is 2.45. The number of phenols is 1. The number of anilines is 2. The number of piperazine rings is 1. The average molecular weight is 591 g/mol. The summed E-state index contributed by atoms with van der Waals surface area (Å²) in [5.74, 6) is -2.97. The molecule has 4 aromatic rings. The number of likely N-dealkylation sites (N-methyl/N-ethyl adjacent to an activating group) is 1. The molecule has 2 aliphatic heterocycles. The van der Waals surface area contributed by atoms with Crippen molar-refractivity contribution < 1.29 is 23.8 Å². The van der Waals surface area contributed by atoms with E-state index in [0.717, 1.165) is 12.1 Å². The molecular formula is C31H32F2N6O4. The highest BCUT2D eigenvalue weighted by Gasteiger charge is 2.54. The van der Waals surface area contributed by atoms with Crippen LogP contribution in [0.4, 0.5) is 20.2 Å². The van der Waals surface area contributed by atoms with E-state index in [0.29, 0.717) is 16.9 Å². The number of carbonyl (C=O) groups is 1. The molecule has 5 heterocycles. The predicted octanol–water partition coefficient (Wildman–Crippen LogP) is 3.37. The van der Waals surface area contributed by atoms with E-state index in [4.69, 9.17) is 0 Å². The van der Waals surface area contributed by atoms with Crippen LogP contribution in [0.5, 0.6) is 5.75 Å². The minimum atomic E-state index is -1.45. The highest BCUT2D eigenvalue weighted by molar-refractivity contribution is 6.14. The summed E-state index contributed by atoms with van der Waals surface area (Å²) >= 11 is 0. The lowest BCUT2D eigenvalue weighted by Gasteiger charge is -2.53. The lowest BCUT2D eigenvalue weighted by atomic mass is 9.87. The first-order chi connectivity index (χ1) is 20.4. The Morgan fingerprint density at radius 2 is 1.88 bits per heavy atom. The number of hydrogen-bond donors (Lipinski definition) is 3. The van der Waals surface area contributed by atoms with Crippen LogP contribution in [-0.2, 0) is 4.79 Å². The number of fused-ring (bicyclic) bond motifs is 5. The predicted molar refractivity (Wildman–Crippen MR) is 159 cm³/mol. The lowest BCUT2D eigenvalue weighted by Crippen LogP contribution is -2.74. The lowest BCUT2D eigenvalue weighted by molar-refractivity contribution is -0.125. The molecule has 0 spiro atoms. The maximum Gasteiger partial charge on any atom is 0.283 e. The third-order valence-corrected chi connectivity index (χ3v) is 8.49. The van der Waals surface area contributed by atoms with Gasteiger partial charge in [0.25, 0.3) is 11.5 Å². The molecule has 0 radical (unpaired) electrons. The van der Waals surface area contributed by atoms with Gasteiger partial charge in [-0.05, 0) is 49.6 Å². The number of carbonyl (C=O) groups excluding carboxylic acids is 1. The van der Waals surface area contributed by atoms with Crippen molar-refractivity contribution in [1.82, 2.24) is 19.9 Å². The summed E-state index contributed by atoms with van der Waals surface area (Å²) in [5.41, 5.74) is -1.12. The van der Waals surface area contributed by atoms with Crippen LogP contribution in [0, 0.1) is 18.6 Å². The van der Waals surface area contributed by atoms with Crippen LogP contribution in [0.25, 0.3) is 28.0 Å². The van der Waals surface area contributed by atoms with Gasteiger partial charge in [0.1, 0.15) is 22.9 Å². The molecule has 3 aromatic heterocycles. The Labute approximate surface area is 246 Å². The number of hydrogen-bond acceptors (Lipinski definition) is 8. The standard InChI is InChI=1S/C31H32F2N6O4/c1-15(2)23-25(16(3)9-10-34-23)39-28-18(11-20(33)24(36-28)22-19(32)7-6-8-21(22)41)26-27(29(39)42)37(5)30(43)31(14-40)13-35-17(4)12-38(26)31/h6-11,15,17,35,40-41H,12-14H2,1-5H3/t17-,31+/m1/s1. The average Bonchev–Trinajstić information content (AvgIpc) is 2.96. The maximum atomic E-state index is 16.1. The van der Waals surface area contributed by atoms with Crippen LogP contribution in [0.2, 0.25) is 0 Å². The monoisotopic (exact) mass is 590 g/mol. The molecule has 2 aliphatic rings. The number of rotatable bonds is 4. The number of aliphatic hydroxyl groups excluding tert-OH is 1. The Morgan fingerprint density at radius 1 is 1.14 bits per heavy atom. The number of amides is 1. The minimum absolute atomic E-state index is 0.00340. The van der Waals surface area contributed by atoms with E-state index in [1.807, 2.05) is 20.8 Å². The fraction of sp³-hybridized carbons (Fsp3) is 0.355. The van der Waals surface area contributed by atoms with Crippen LogP contribution >= 0.6 is 0 Å². The van der Waals surface area contributed by atoms with Crippen molar-refractivity contribution in [1.29, 1.82) is 0 Å². The second kappa shape index (κ2) is 10.1. The van der Waals surface area contributed by atoms with Gasteiger partial charge < -0.3 is 25.3 Å². The molecule has 1 fully saturated rings. The van der Waals surface area contributed by atoms with Crippen LogP contribution < -0.4 is 20.7 Å². The molecule has 43 heavy (non-hydrogen) atoms. The Hall–Kier alpha value is -4.42. The van der Waals surface area contributed by atoms with Crippen molar-refractivity contribution in [3.8, 4) is 22.7 Å². The topological polar surface area (TPSA) is 124 Å². The molecule has 12 heteroatoms. The Kier molecular flexibility index (Phi) is 6.73. The summed E-state index contributed by atoms with van der Waals surface area (Å²) in [6, 6.07) is 6.35. The van der Waals surface area contributed by atoms with Gasteiger partial charge >= 0.3 is 0 Å². The first-order valence-corrected chi connectivity index (χ1v) is 14.1. The smallest absolute Gasteiger partial charge is 0.283 e. The number of aromatic nitrogens is 3. The summed E-state index contributed by atoms with van der Waals surface area (Å²) in [7, 11) is 1.46. The van der Waals surface area contributed by atoms with Crippen LogP contribution in [-0.4, -0.2) is 69.0 Å². The quantitative estimate of drug-likeness (QED) is 0.331. The van der Waals surface area contributed by atoms with Gasteiger partial charge in [0.2, 0.25) is 0 Å². The maximum absolute atomic E-state index is 16.1. The summed E-state index contributed by atoms with van der Waals surface area (Å²) < 4.78 is 32.5. The van der Waals surface area contributed by atoms with E-state index < -0.39 is 52.3 Å². The summed E-state index contributed by atoms with van der Waals surface area (Å²) in [4.78, 5) is 40.6. The zero-order chi connectivity index (χ0) is 31.0. The molecule has 0 saturated carbocycles. The summed E-state index contributed by atoms with van der Waals surface area (Å²) in [5, 5.41) is 24.6. The number of aryl methyl sites for hydroxylation is 1. The van der Waals surface area contributed by atoms with E-state index in [2.05, 4.69) is 15.3 Å². The van der Waals surface area contributed by atoms with Gasteiger partial charge in [0.05, 0.1) is 29.2 Å². The number of nitrogens with zero attached hydrogens (tertiary/aromatic N) is 5. The second-order valence-corrected chi connectivity index (χ2v) is 11.6. The van der Waals surface area contributed by atoms with E-state index in [1.54, 1.807) is 24.1 Å². The fourth-order valence-corrected chi connectivity index (χ4v) is 6.32. The van der Waals surface area contributed by atoms with E-state index in [-0.39, 0.29) is 47.5 Å². The van der Waals surface area contributed by atoms with Gasteiger partial charge in [0.15, 0.2) is 17.0 Å². The van der Waals surface area contributed by atoms with Crippen molar-refractivity contribution in [2.24, 2.45) is 0 Å². The molecule has 0 unspecified atom stereocenters. The number of benzene rings is 1. The molecule has 10 nitrogen and oxygen atoms in total. The molecule has 1 aromatic carbocycles. The molecule has 1 amide bonds. The first-order valence-electron chi connectivity index (χ1n) is 14.1. The van der Waals surface area contributed by atoms with Gasteiger partial charge in [-0.15, -0.1) is 0 Å². The molecule has 224 valence electrons. The molecule has 0 aliphatic carbocycles. The van der Waals surface area contributed by atoms with Crippen molar-refractivity contribution in [2.75, 3.05) is 36.5 Å². The van der Waals surface area contributed by atoms with Crippen molar-refractivity contribution >= 4 is 28.3 Å². The largest absolute Gasteiger partial charge is 0.507 e. The van der Waals surface area contributed by atoms with Crippen molar-refractivity contribution in [3.63, 3.8) is 0 Å². The fourth-order valence-electron chi connectivity index (χ4n) is 6.32. The van der Waals surface area contributed by atoms with Gasteiger partial charge in [-0.3, -0.25) is 19.1 Å². The van der Waals surface area contributed by atoms with Gasteiger partial charge in [-0.25, -0.2) is 13.8 Å². The van der Waals surface area contributed by atoms with E-state index >= 15 is 8.78 Å².